The fraction of sp³-hybridized carbons (Fsp3) is 1.00. The van der Waals surface area contributed by atoms with Gasteiger partial charge in [-0.3, -0.25) is 0 Å². The van der Waals surface area contributed by atoms with Crippen molar-refractivity contribution in [1.82, 2.24) is 4.42 Å². The SMILES string of the molecule is CC(O)CN(C)Cl. The summed E-state index contributed by atoms with van der Waals surface area (Å²) in [6, 6.07) is 0. The maximum atomic E-state index is 8.60. The summed E-state index contributed by atoms with van der Waals surface area (Å²) in [6.45, 7) is 2.21. The fourth-order valence-electron chi connectivity index (χ4n) is 0.364. The third-order valence-corrected chi connectivity index (χ3v) is 0.654. The Balaban J connectivity index is 2.95. The van der Waals surface area contributed by atoms with E-state index in [1.165, 1.54) is 4.42 Å². The van der Waals surface area contributed by atoms with Gasteiger partial charge in [0.15, 0.2) is 0 Å². The van der Waals surface area contributed by atoms with Gasteiger partial charge in [0.05, 0.1) is 6.10 Å². The molecular formula is C4H10ClNO. The second-order valence-electron chi connectivity index (χ2n) is 1.64. The molecular weight excluding hydrogens is 114 g/mol. The normalized spacial score (nSPS) is 15.0. The van der Waals surface area contributed by atoms with Gasteiger partial charge >= 0.3 is 0 Å². The van der Waals surface area contributed by atoms with Gasteiger partial charge in [0.2, 0.25) is 0 Å². The Bertz CT molecular complexity index is 41.0. The van der Waals surface area contributed by atoms with Crippen molar-refractivity contribution in [2.24, 2.45) is 0 Å². The quantitative estimate of drug-likeness (QED) is 0.539. The minimum absolute atomic E-state index is 0.331. The van der Waals surface area contributed by atoms with Crippen LogP contribution in [0.15, 0.2) is 0 Å². The topological polar surface area (TPSA) is 23.5 Å². The van der Waals surface area contributed by atoms with E-state index in [1.54, 1.807) is 14.0 Å². The molecule has 0 fully saturated rings. The molecule has 0 amide bonds. The first kappa shape index (κ1) is 7.21. The number of hydrogen-bond donors (Lipinski definition) is 1. The van der Waals surface area contributed by atoms with Crippen LogP contribution in [0.1, 0.15) is 6.92 Å². The Hall–Kier alpha value is 0.210. The molecule has 0 heterocycles. The van der Waals surface area contributed by atoms with Crippen molar-refractivity contribution in [3.63, 3.8) is 0 Å². The van der Waals surface area contributed by atoms with E-state index in [0.717, 1.165) is 0 Å². The molecule has 44 valence electrons. The van der Waals surface area contributed by atoms with Gasteiger partial charge in [0.1, 0.15) is 0 Å². The van der Waals surface area contributed by atoms with Gasteiger partial charge in [0, 0.05) is 13.6 Å². The lowest BCUT2D eigenvalue weighted by molar-refractivity contribution is 0.173. The lowest BCUT2D eigenvalue weighted by atomic mass is 10.4. The highest BCUT2D eigenvalue weighted by atomic mass is 35.5. The number of halogens is 1. The van der Waals surface area contributed by atoms with Crippen LogP contribution in [0.5, 0.6) is 0 Å². The second kappa shape index (κ2) is 3.24. The molecule has 3 heteroatoms. The largest absolute Gasteiger partial charge is 0.392 e. The van der Waals surface area contributed by atoms with Crippen LogP contribution >= 0.6 is 11.8 Å². The van der Waals surface area contributed by atoms with E-state index in [2.05, 4.69) is 0 Å². The predicted molar refractivity (Wildman–Crippen MR) is 30.2 cm³/mol. The van der Waals surface area contributed by atoms with E-state index in [1.807, 2.05) is 0 Å². The zero-order chi connectivity index (χ0) is 5.86. The lowest BCUT2D eigenvalue weighted by Crippen LogP contribution is -2.18. The first-order chi connectivity index (χ1) is 3.13. The summed E-state index contributed by atoms with van der Waals surface area (Å²) in [4.78, 5) is 0. The summed E-state index contributed by atoms with van der Waals surface area (Å²) in [5.74, 6) is 0. The Morgan fingerprint density at radius 2 is 2.29 bits per heavy atom. The molecule has 0 saturated carbocycles. The van der Waals surface area contributed by atoms with Gasteiger partial charge in [-0.2, -0.15) is 0 Å². The number of likely N-dealkylation sites (N-methyl/N-ethyl adjacent to an activating group) is 1. The molecule has 0 aromatic carbocycles. The molecule has 0 aliphatic rings. The molecule has 0 spiro atoms. The van der Waals surface area contributed by atoms with Gasteiger partial charge in [-0.05, 0) is 18.7 Å². The zero-order valence-electron chi connectivity index (χ0n) is 4.56. The van der Waals surface area contributed by atoms with E-state index < -0.39 is 0 Å². The Morgan fingerprint density at radius 1 is 1.86 bits per heavy atom. The van der Waals surface area contributed by atoms with Gasteiger partial charge in [0.25, 0.3) is 0 Å². The van der Waals surface area contributed by atoms with Gasteiger partial charge in [-0.1, -0.05) is 0 Å². The molecule has 1 N–H and O–H groups in total. The van der Waals surface area contributed by atoms with Crippen LogP contribution in [-0.4, -0.2) is 29.2 Å². The summed E-state index contributed by atoms with van der Waals surface area (Å²) >= 11 is 5.35. The molecule has 0 aromatic heterocycles. The summed E-state index contributed by atoms with van der Waals surface area (Å²) in [6.07, 6.45) is -0.331. The smallest absolute Gasteiger partial charge is 0.0652 e. The fourth-order valence-corrected chi connectivity index (χ4v) is 0.564. The molecule has 0 bridgehead atoms. The number of hydrogen-bond acceptors (Lipinski definition) is 2. The van der Waals surface area contributed by atoms with Crippen molar-refractivity contribution >= 4 is 11.8 Å². The van der Waals surface area contributed by atoms with Crippen molar-refractivity contribution in [3.8, 4) is 0 Å². The third-order valence-electron chi connectivity index (χ3n) is 0.516. The second-order valence-corrected chi connectivity index (χ2v) is 2.21. The molecule has 0 saturated heterocycles. The molecule has 2 nitrogen and oxygen atoms in total. The van der Waals surface area contributed by atoms with E-state index in [4.69, 9.17) is 16.9 Å². The highest BCUT2D eigenvalue weighted by Gasteiger charge is 1.95. The maximum absolute atomic E-state index is 8.60. The third kappa shape index (κ3) is 6.21. The van der Waals surface area contributed by atoms with E-state index in [0.29, 0.717) is 6.54 Å². The van der Waals surface area contributed by atoms with Crippen LogP contribution in [0.3, 0.4) is 0 Å². The summed E-state index contributed by atoms with van der Waals surface area (Å²) < 4.78 is 1.42. The van der Waals surface area contributed by atoms with Crippen molar-refractivity contribution < 1.29 is 5.11 Å². The minimum Gasteiger partial charge on any atom is -0.392 e. The molecule has 0 aliphatic carbocycles. The molecule has 1 unspecified atom stereocenters. The van der Waals surface area contributed by atoms with Crippen molar-refractivity contribution in [2.45, 2.75) is 13.0 Å². The van der Waals surface area contributed by atoms with Crippen molar-refractivity contribution in [3.05, 3.63) is 0 Å². The molecule has 1 atom stereocenters. The first-order valence-corrected chi connectivity index (χ1v) is 2.51. The first-order valence-electron chi connectivity index (χ1n) is 2.18. The lowest BCUT2D eigenvalue weighted by Gasteiger charge is -2.07. The summed E-state index contributed by atoms with van der Waals surface area (Å²) in [5.41, 5.74) is 0. The number of aliphatic hydroxyl groups is 1. The van der Waals surface area contributed by atoms with Crippen LogP contribution < -0.4 is 0 Å². The van der Waals surface area contributed by atoms with Gasteiger partial charge in [-0.25, -0.2) is 4.42 Å². The van der Waals surface area contributed by atoms with Crippen LogP contribution in [0, 0.1) is 0 Å². The number of rotatable bonds is 2. The van der Waals surface area contributed by atoms with Crippen LogP contribution in [0.4, 0.5) is 0 Å². The Kier molecular flexibility index (Phi) is 3.34. The Morgan fingerprint density at radius 3 is 2.29 bits per heavy atom. The number of nitrogens with zero attached hydrogens (tertiary/aromatic N) is 1. The average Bonchev–Trinajstić information content (AvgIpc) is 1.27. The van der Waals surface area contributed by atoms with Crippen molar-refractivity contribution in [1.29, 1.82) is 0 Å². The Labute approximate surface area is 48.8 Å². The van der Waals surface area contributed by atoms with Gasteiger partial charge in [-0.15, -0.1) is 0 Å². The standard InChI is InChI=1S/C4H10ClNO/c1-4(7)3-6(2)5/h4,7H,3H2,1-2H3. The van der Waals surface area contributed by atoms with Gasteiger partial charge < -0.3 is 5.11 Å². The van der Waals surface area contributed by atoms with E-state index >= 15 is 0 Å². The molecule has 0 aliphatic heterocycles. The summed E-state index contributed by atoms with van der Waals surface area (Å²) in [7, 11) is 1.70. The predicted octanol–water partition coefficient (Wildman–Crippen LogP) is 0.453. The highest BCUT2D eigenvalue weighted by molar-refractivity contribution is 6.13. The maximum Gasteiger partial charge on any atom is 0.0652 e. The van der Waals surface area contributed by atoms with Crippen LogP contribution in [-0.2, 0) is 0 Å². The molecule has 0 rings (SSSR count). The zero-order valence-corrected chi connectivity index (χ0v) is 5.31. The molecule has 0 aromatic rings. The monoisotopic (exact) mass is 123 g/mol. The molecule has 7 heavy (non-hydrogen) atoms. The molecule has 0 radical (unpaired) electrons. The summed E-state index contributed by atoms with van der Waals surface area (Å²) in [5, 5.41) is 8.60. The van der Waals surface area contributed by atoms with Crippen LogP contribution in [0.25, 0.3) is 0 Å². The number of aliphatic hydroxyl groups excluding tert-OH is 1. The highest BCUT2D eigenvalue weighted by Crippen LogP contribution is 1.89. The van der Waals surface area contributed by atoms with E-state index in [-0.39, 0.29) is 6.10 Å². The van der Waals surface area contributed by atoms with E-state index in [9.17, 15) is 0 Å². The minimum atomic E-state index is -0.331. The van der Waals surface area contributed by atoms with Crippen molar-refractivity contribution in [2.75, 3.05) is 13.6 Å². The average molecular weight is 124 g/mol. The van der Waals surface area contributed by atoms with Crippen LogP contribution in [0.2, 0.25) is 0 Å².